The number of ether oxygens (including phenoxy) is 2. The number of methoxy groups -OCH3 is 1. The number of esters is 1. The van der Waals surface area contributed by atoms with E-state index in [2.05, 4.69) is 15.5 Å². The van der Waals surface area contributed by atoms with Gasteiger partial charge in [0.15, 0.2) is 5.82 Å². The van der Waals surface area contributed by atoms with Crippen molar-refractivity contribution in [2.24, 2.45) is 0 Å². The van der Waals surface area contributed by atoms with Crippen molar-refractivity contribution in [1.82, 2.24) is 20.4 Å². The summed E-state index contributed by atoms with van der Waals surface area (Å²) in [5, 5.41) is 7.05. The van der Waals surface area contributed by atoms with Crippen LogP contribution in [0.4, 0.5) is 4.79 Å². The van der Waals surface area contributed by atoms with E-state index in [0.717, 1.165) is 18.4 Å². The van der Waals surface area contributed by atoms with Crippen molar-refractivity contribution in [3.8, 4) is 5.75 Å². The summed E-state index contributed by atoms with van der Waals surface area (Å²) < 4.78 is 15.9. The molecule has 162 valence electrons. The fraction of sp³-hybridized carbons (Fsp3) is 0.455. The molecule has 1 aromatic heterocycles. The minimum atomic E-state index is -0.583. The van der Waals surface area contributed by atoms with Crippen molar-refractivity contribution in [3.63, 3.8) is 0 Å². The summed E-state index contributed by atoms with van der Waals surface area (Å²) in [6.07, 6.45) is 5.71. The van der Waals surface area contributed by atoms with Gasteiger partial charge in [0.1, 0.15) is 18.9 Å². The number of hydrogen-bond donors (Lipinski definition) is 1. The van der Waals surface area contributed by atoms with Crippen LogP contribution in [-0.4, -0.2) is 40.8 Å². The van der Waals surface area contributed by atoms with Gasteiger partial charge in [-0.05, 0) is 30.5 Å². The van der Waals surface area contributed by atoms with Gasteiger partial charge in [0.05, 0.1) is 24.4 Å². The van der Waals surface area contributed by atoms with Gasteiger partial charge in [0, 0.05) is 5.92 Å². The van der Waals surface area contributed by atoms with E-state index in [0.29, 0.717) is 34.7 Å². The molecular weight excluding hydrogens is 400 g/mol. The van der Waals surface area contributed by atoms with Crippen LogP contribution in [0.5, 0.6) is 5.75 Å². The standard InChI is InChI=1S/C22H24N4O5/c1-29-15-9-7-13(8-10-15)19-18-16(12-30-21(18)27)26(22(28)24-19)11-17-23-20(25-31-17)14-5-3-2-4-6-14/h7-10,14,19H,2-6,11-12H2,1H3,(H,24,28)/t19-/m1/s1. The van der Waals surface area contributed by atoms with E-state index in [1.165, 1.54) is 24.2 Å². The molecule has 0 unspecified atom stereocenters. The number of cyclic esters (lactones) is 1. The lowest BCUT2D eigenvalue weighted by Crippen LogP contribution is -2.46. The van der Waals surface area contributed by atoms with E-state index in [1.54, 1.807) is 19.2 Å². The van der Waals surface area contributed by atoms with E-state index in [1.807, 2.05) is 12.1 Å². The molecule has 9 heteroatoms. The third-order valence-electron chi connectivity index (χ3n) is 6.19. The topological polar surface area (TPSA) is 107 Å². The van der Waals surface area contributed by atoms with E-state index in [4.69, 9.17) is 14.0 Å². The molecule has 2 aromatic rings. The Labute approximate surface area is 179 Å². The number of aromatic nitrogens is 2. The Kier molecular flexibility index (Phi) is 5.09. The summed E-state index contributed by atoms with van der Waals surface area (Å²) in [6.45, 7) is 0.133. The van der Waals surface area contributed by atoms with Crippen LogP contribution in [0, 0.1) is 0 Å². The lowest BCUT2D eigenvalue weighted by molar-refractivity contribution is -0.136. The van der Waals surface area contributed by atoms with Gasteiger partial charge in [-0.3, -0.25) is 4.90 Å². The second-order valence-electron chi connectivity index (χ2n) is 8.06. The molecule has 0 spiro atoms. The van der Waals surface area contributed by atoms with Crippen molar-refractivity contribution in [2.75, 3.05) is 13.7 Å². The third kappa shape index (κ3) is 3.64. The summed E-state index contributed by atoms with van der Waals surface area (Å²) in [6, 6.07) is 6.31. The number of nitrogens with one attached hydrogen (secondary N) is 1. The van der Waals surface area contributed by atoms with Gasteiger partial charge < -0.3 is 19.3 Å². The Balaban J connectivity index is 1.40. The highest BCUT2D eigenvalue weighted by Crippen LogP contribution is 2.36. The van der Waals surface area contributed by atoms with E-state index < -0.39 is 12.0 Å². The van der Waals surface area contributed by atoms with Crippen molar-refractivity contribution in [3.05, 3.63) is 52.8 Å². The molecule has 2 amide bonds. The number of nitrogens with zero attached hydrogens (tertiary/aromatic N) is 3. The van der Waals surface area contributed by atoms with Gasteiger partial charge in [-0.25, -0.2) is 9.59 Å². The molecule has 31 heavy (non-hydrogen) atoms. The molecule has 3 heterocycles. The highest BCUT2D eigenvalue weighted by atomic mass is 16.5. The zero-order valence-electron chi connectivity index (χ0n) is 17.3. The van der Waals surface area contributed by atoms with Gasteiger partial charge in [-0.2, -0.15) is 4.98 Å². The Bertz CT molecular complexity index is 1020. The zero-order valence-corrected chi connectivity index (χ0v) is 17.3. The Morgan fingerprint density at radius 3 is 2.68 bits per heavy atom. The van der Waals surface area contributed by atoms with E-state index in [9.17, 15) is 9.59 Å². The molecule has 9 nitrogen and oxygen atoms in total. The maximum atomic E-state index is 13.0. The highest BCUT2D eigenvalue weighted by molar-refractivity contribution is 5.97. The van der Waals surface area contributed by atoms with Crippen LogP contribution >= 0.6 is 0 Å². The van der Waals surface area contributed by atoms with Crippen LogP contribution in [0.3, 0.4) is 0 Å². The molecule has 1 aromatic carbocycles. The first-order valence-corrected chi connectivity index (χ1v) is 10.6. The van der Waals surface area contributed by atoms with Crippen LogP contribution in [-0.2, 0) is 16.1 Å². The molecule has 1 saturated carbocycles. The summed E-state index contributed by atoms with van der Waals surface area (Å²) in [5.41, 5.74) is 1.74. The molecule has 1 fully saturated rings. The van der Waals surface area contributed by atoms with E-state index in [-0.39, 0.29) is 19.2 Å². The number of hydrogen-bond acceptors (Lipinski definition) is 7. The van der Waals surface area contributed by atoms with Crippen molar-refractivity contribution in [2.45, 2.75) is 50.6 Å². The van der Waals surface area contributed by atoms with E-state index >= 15 is 0 Å². The van der Waals surface area contributed by atoms with Crippen molar-refractivity contribution < 1.29 is 23.6 Å². The van der Waals surface area contributed by atoms with Crippen LogP contribution < -0.4 is 10.1 Å². The summed E-state index contributed by atoms with van der Waals surface area (Å²) in [4.78, 5) is 31.4. The number of amides is 2. The van der Waals surface area contributed by atoms with Crippen LogP contribution in [0.1, 0.15) is 61.3 Å². The molecule has 1 atom stereocenters. The molecule has 0 saturated heterocycles. The lowest BCUT2D eigenvalue weighted by Gasteiger charge is -2.32. The first-order chi connectivity index (χ1) is 15.1. The monoisotopic (exact) mass is 424 g/mol. The molecule has 1 aliphatic carbocycles. The SMILES string of the molecule is COc1ccc([C@H]2NC(=O)N(Cc3nc(C4CCCCC4)no3)C3=C2C(=O)OC3)cc1. The molecular formula is C22H24N4O5. The molecule has 0 radical (unpaired) electrons. The summed E-state index contributed by atoms with van der Waals surface area (Å²) >= 11 is 0. The summed E-state index contributed by atoms with van der Waals surface area (Å²) in [5.74, 6) is 1.63. The fourth-order valence-electron chi connectivity index (χ4n) is 4.52. The smallest absolute Gasteiger partial charge is 0.338 e. The number of carbonyl (C=O) groups excluding carboxylic acids is 2. The quantitative estimate of drug-likeness (QED) is 0.735. The number of benzene rings is 1. The van der Waals surface area contributed by atoms with Crippen LogP contribution in [0.25, 0.3) is 0 Å². The minimum absolute atomic E-state index is 0.0395. The molecule has 0 bridgehead atoms. The second-order valence-corrected chi connectivity index (χ2v) is 8.06. The molecule has 5 rings (SSSR count). The maximum Gasteiger partial charge on any atom is 0.338 e. The maximum absolute atomic E-state index is 13.0. The number of urea groups is 1. The fourth-order valence-corrected chi connectivity index (χ4v) is 4.52. The second kappa shape index (κ2) is 8.05. The Hall–Kier alpha value is -3.36. The average Bonchev–Trinajstić information content (AvgIpc) is 3.43. The summed E-state index contributed by atoms with van der Waals surface area (Å²) in [7, 11) is 1.58. The van der Waals surface area contributed by atoms with Gasteiger partial charge in [0.2, 0.25) is 5.89 Å². The molecule has 3 aliphatic rings. The van der Waals surface area contributed by atoms with Gasteiger partial charge >= 0.3 is 12.0 Å². The lowest BCUT2D eigenvalue weighted by atomic mass is 9.89. The first kappa shape index (κ1) is 19.6. The predicted molar refractivity (Wildman–Crippen MR) is 108 cm³/mol. The van der Waals surface area contributed by atoms with Crippen molar-refractivity contribution >= 4 is 12.0 Å². The zero-order chi connectivity index (χ0) is 21.4. The largest absolute Gasteiger partial charge is 0.497 e. The molecule has 1 N–H and O–H groups in total. The highest BCUT2D eigenvalue weighted by Gasteiger charge is 2.42. The Morgan fingerprint density at radius 1 is 1.16 bits per heavy atom. The number of rotatable bonds is 5. The van der Waals surface area contributed by atoms with Gasteiger partial charge in [-0.15, -0.1) is 0 Å². The van der Waals surface area contributed by atoms with Crippen molar-refractivity contribution in [1.29, 1.82) is 0 Å². The van der Waals surface area contributed by atoms with Crippen LogP contribution in [0.2, 0.25) is 0 Å². The predicted octanol–water partition coefficient (Wildman–Crippen LogP) is 3.20. The minimum Gasteiger partial charge on any atom is -0.497 e. The normalized spacial score (nSPS) is 21.7. The molecule has 2 aliphatic heterocycles. The third-order valence-corrected chi connectivity index (χ3v) is 6.19. The van der Waals surface area contributed by atoms with Gasteiger partial charge in [0.25, 0.3) is 0 Å². The van der Waals surface area contributed by atoms with Gasteiger partial charge in [-0.1, -0.05) is 36.6 Å². The number of carbonyl (C=O) groups is 2. The first-order valence-electron chi connectivity index (χ1n) is 10.6. The average molecular weight is 424 g/mol. The van der Waals surface area contributed by atoms with Crippen LogP contribution in [0.15, 0.2) is 40.1 Å². The Morgan fingerprint density at radius 2 is 1.94 bits per heavy atom.